The van der Waals surface area contributed by atoms with Gasteiger partial charge in [-0.2, -0.15) is 5.26 Å². The van der Waals surface area contributed by atoms with Crippen LogP contribution < -0.4 is 51.4 Å². The summed E-state index contributed by atoms with van der Waals surface area (Å²) in [5.74, 6) is -0.736. The zero-order chi connectivity index (χ0) is 7.40. The van der Waals surface area contributed by atoms with Crippen LogP contribution in [0.25, 0.3) is 0 Å². The van der Waals surface area contributed by atoms with Crippen LogP contribution >= 0.6 is 0 Å². The maximum absolute atomic E-state index is 10.5. The van der Waals surface area contributed by atoms with E-state index in [4.69, 9.17) is 5.26 Å². The molecule has 0 aromatic heterocycles. The largest absolute Gasteiger partial charge is 1.00 e. The van der Waals surface area contributed by atoms with Crippen molar-refractivity contribution < 1.29 is 67.8 Å². The van der Waals surface area contributed by atoms with Crippen LogP contribution in [0.1, 0.15) is 11.8 Å². The van der Waals surface area contributed by atoms with Gasteiger partial charge in [0.15, 0.2) is 0 Å². The van der Waals surface area contributed by atoms with Crippen molar-refractivity contribution in [3.63, 3.8) is 0 Å². The molecule has 1 aromatic rings. The van der Waals surface area contributed by atoms with Crippen LogP contribution in [0.5, 0.6) is 0 Å². The zero-order valence-corrected chi connectivity index (χ0v) is 9.27. The van der Waals surface area contributed by atoms with Crippen molar-refractivity contribution in [3.05, 3.63) is 35.9 Å². The van der Waals surface area contributed by atoms with Gasteiger partial charge < -0.3 is 1.43 Å². The third-order valence-electron chi connectivity index (χ3n) is 1.09. The zero-order valence-electron chi connectivity index (χ0n) is 7.15. The minimum absolute atomic E-state index is 0. The Labute approximate surface area is 108 Å². The molecule has 0 bridgehead atoms. The van der Waals surface area contributed by atoms with Crippen molar-refractivity contribution >= 4 is 5.97 Å². The van der Waals surface area contributed by atoms with Gasteiger partial charge in [0.2, 0.25) is 0 Å². The maximum Gasteiger partial charge on any atom is 1.00 e. The molecule has 0 heterocycles. The Kier molecular flexibility index (Phi) is 6.03. The summed E-state index contributed by atoms with van der Waals surface area (Å²) < 4.78 is 0. The number of hydrogen-bond donors (Lipinski definition) is 1. The van der Waals surface area contributed by atoms with E-state index in [9.17, 15) is 4.79 Å². The van der Waals surface area contributed by atoms with E-state index in [0.717, 1.165) is 0 Å². The summed E-state index contributed by atoms with van der Waals surface area (Å²) in [7, 11) is 0. The van der Waals surface area contributed by atoms with Gasteiger partial charge in [0.05, 0.1) is 5.56 Å². The van der Waals surface area contributed by atoms with Crippen LogP contribution in [0.2, 0.25) is 0 Å². The van der Waals surface area contributed by atoms with E-state index in [1.165, 1.54) is 0 Å². The van der Waals surface area contributed by atoms with Gasteiger partial charge in [0.25, 0.3) is 0 Å². The molecular weight excluding hydrogens is 171 g/mol. The first-order valence-corrected chi connectivity index (χ1v) is 2.75. The minimum atomic E-state index is -0.736. The first-order chi connectivity index (χ1) is 4.84. The molecule has 0 aliphatic carbocycles. The van der Waals surface area contributed by atoms with Gasteiger partial charge in [0.1, 0.15) is 0 Å². The molecule has 0 radical (unpaired) electrons. The van der Waals surface area contributed by atoms with Gasteiger partial charge in [-0.15, -0.1) is 0 Å². The Balaban J connectivity index is 0. The first-order valence-electron chi connectivity index (χ1n) is 2.75. The van der Waals surface area contributed by atoms with Crippen molar-refractivity contribution in [1.82, 2.24) is 0 Å². The minimum Gasteiger partial charge on any atom is -1.00 e. The van der Waals surface area contributed by atoms with Crippen LogP contribution in [-0.4, -0.2) is 11.2 Å². The summed E-state index contributed by atoms with van der Waals surface area (Å²) in [6, 6.07) is 8.25. The number of rotatable bonds is 1. The maximum atomic E-state index is 10.5. The second kappa shape index (κ2) is 5.88. The van der Waals surface area contributed by atoms with Crippen molar-refractivity contribution in [2.24, 2.45) is 0 Å². The quantitative estimate of drug-likeness (QED) is 0.321. The van der Waals surface area contributed by atoms with Gasteiger partial charge in [-0.1, -0.05) is 18.2 Å². The van der Waals surface area contributed by atoms with Crippen LogP contribution in [0.3, 0.4) is 0 Å². The second-order valence-corrected chi connectivity index (χ2v) is 1.74. The van der Waals surface area contributed by atoms with Crippen molar-refractivity contribution in [2.45, 2.75) is 0 Å². The normalized spacial score (nSPS) is 8.09. The summed E-state index contributed by atoms with van der Waals surface area (Å²) in [6.45, 7) is 0. The number of benzene rings is 1. The molecule has 0 spiro atoms. The fourth-order valence-electron chi connectivity index (χ4n) is 0.627. The van der Waals surface area contributed by atoms with E-state index < -0.39 is 5.97 Å². The average Bonchev–Trinajstić information content (AvgIpc) is 2.05. The smallest absolute Gasteiger partial charge is 1.00 e. The molecule has 11 heavy (non-hydrogen) atoms. The second-order valence-electron chi connectivity index (χ2n) is 1.74. The molecule has 1 rings (SSSR count). The van der Waals surface area contributed by atoms with Crippen LogP contribution in [0.15, 0.2) is 30.3 Å². The molecule has 0 saturated carbocycles. The van der Waals surface area contributed by atoms with Gasteiger partial charge in [-0.05, 0) is 12.1 Å². The molecule has 4 heteroatoms. The van der Waals surface area contributed by atoms with Crippen LogP contribution in [0.4, 0.5) is 0 Å². The van der Waals surface area contributed by atoms with E-state index in [-0.39, 0.29) is 52.8 Å². The molecule has 1 aromatic carbocycles. The average molecular weight is 178 g/mol. The van der Waals surface area contributed by atoms with E-state index in [1.807, 2.05) is 0 Å². The Morgan fingerprint density at radius 1 is 1.36 bits per heavy atom. The summed E-state index contributed by atoms with van der Waals surface area (Å²) in [5.41, 5.74) is 0.338. The molecule has 0 unspecified atom stereocenters. The van der Waals surface area contributed by atoms with Gasteiger partial charge in [-0.3, -0.25) is 4.89 Å². The molecule has 1 N–H and O–H groups in total. The fraction of sp³-hybridized carbons (Fsp3) is 0. The fourth-order valence-corrected chi connectivity index (χ4v) is 0.627. The summed E-state index contributed by atoms with van der Waals surface area (Å²) in [6.07, 6.45) is 0. The predicted molar refractivity (Wildman–Crippen MR) is 35.6 cm³/mol. The molecule has 0 amide bonds. The molecule has 3 nitrogen and oxygen atoms in total. The molecule has 0 fully saturated rings. The first kappa shape index (κ1) is 11.3. The number of hydrogen-bond acceptors (Lipinski definition) is 3. The molecular formula is C7H7KO3. The van der Waals surface area contributed by atoms with Crippen molar-refractivity contribution in [1.29, 1.82) is 0 Å². The van der Waals surface area contributed by atoms with Gasteiger partial charge in [-0.25, -0.2) is 4.79 Å². The standard InChI is InChI=1S/C7H6O3.K.H/c8-7(10-9)6-4-2-1-3-5-6;;/h1-5,9H;;/q;+1;-1. The Bertz CT molecular complexity index is 227. The number of carbonyl (C=O) groups is 1. The topological polar surface area (TPSA) is 46.5 Å². The molecule has 0 saturated heterocycles. The molecule has 0 aliphatic rings. The predicted octanol–water partition coefficient (Wildman–Crippen LogP) is -1.57. The molecule has 54 valence electrons. The van der Waals surface area contributed by atoms with E-state index in [1.54, 1.807) is 30.3 Å². The Morgan fingerprint density at radius 3 is 2.36 bits per heavy atom. The van der Waals surface area contributed by atoms with Crippen LogP contribution in [0, 0.1) is 0 Å². The monoisotopic (exact) mass is 178 g/mol. The SMILES string of the molecule is O=C(OO)c1ccccc1.[H-].[K+]. The van der Waals surface area contributed by atoms with E-state index in [2.05, 4.69) is 4.89 Å². The van der Waals surface area contributed by atoms with Crippen LogP contribution in [-0.2, 0) is 4.89 Å². The van der Waals surface area contributed by atoms with E-state index in [0.29, 0.717) is 5.56 Å². The third-order valence-corrected chi connectivity index (χ3v) is 1.09. The number of carbonyl (C=O) groups excluding carboxylic acids is 1. The van der Waals surface area contributed by atoms with E-state index >= 15 is 0 Å². The Hall–Kier alpha value is 0.286. The van der Waals surface area contributed by atoms with Gasteiger partial charge >= 0.3 is 57.4 Å². The van der Waals surface area contributed by atoms with Crippen molar-refractivity contribution in [2.75, 3.05) is 0 Å². The Morgan fingerprint density at radius 2 is 1.91 bits per heavy atom. The molecule has 0 atom stereocenters. The summed E-state index contributed by atoms with van der Waals surface area (Å²) in [4.78, 5) is 14.0. The van der Waals surface area contributed by atoms with Gasteiger partial charge in [0, 0.05) is 0 Å². The molecule has 0 aliphatic heterocycles. The summed E-state index contributed by atoms with van der Waals surface area (Å²) in [5, 5.41) is 7.94. The third kappa shape index (κ3) is 3.46. The summed E-state index contributed by atoms with van der Waals surface area (Å²) >= 11 is 0. The van der Waals surface area contributed by atoms with Crippen molar-refractivity contribution in [3.8, 4) is 0 Å².